The van der Waals surface area contributed by atoms with Gasteiger partial charge in [-0.3, -0.25) is 0 Å². The SMILES string of the molecule is CC[n+]1cc[nH]c1Cc1[nH]cc[n+]1CC.CC[n+]1cc[nH]c1Cc1[nH]cc[n+]1CC.CSCC[n+]1cc[nH]c1Cc1[nH]cc[n+]1CCSC.C[n+]1cc[nH]c1Cc1[nH]cc[n+]1C.C[n+]1cc[nH]c1Cc1[nH]cc[n+]1C.C[n+]1cc[nH]c1Cc1[nH]cc[n+]1C.C[n+]1cc[nH]c1Cc1[nH]cc[n+]1C. The Hall–Kier alpha value is -10.4. The van der Waals surface area contributed by atoms with Crippen molar-refractivity contribution in [1.29, 1.82) is 0 Å². The van der Waals surface area contributed by atoms with Crippen molar-refractivity contribution in [1.82, 2.24) is 69.8 Å². The third-order valence-electron chi connectivity index (χ3n) is 17.7. The third kappa shape index (κ3) is 22.8. The Labute approximate surface area is 601 Å². The van der Waals surface area contributed by atoms with Crippen LogP contribution in [0.5, 0.6) is 0 Å². The summed E-state index contributed by atoms with van der Waals surface area (Å²) in [6.07, 6.45) is 66.8. The van der Waals surface area contributed by atoms with Crippen LogP contribution in [-0.4, -0.2) is 93.8 Å². The fourth-order valence-electron chi connectivity index (χ4n) is 11.3. The lowest BCUT2D eigenvalue weighted by Gasteiger charge is -2.00. The van der Waals surface area contributed by atoms with Gasteiger partial charge in [0.25, 0.3) is 81.5 Å². The maximum Gasteiger partial charge on any atom is 0.266 e. The zero-order chi connectivity index (χ0) is 71.9. The topological polar surface area (TPSA) is 275 Å². The van der Waals surface area contributed by atoms with Gasteiger partial charge in [-0.1, -0.05) is 0 Å². The van der Waals surface area contributed by atoms with Crippen molar-refractivity contribution in [3.05, 3.63) is 255 Å². The molecule has 14 rings (SSSR count). The molecule has 30 heteroatoms. The first kappa shape index (κ1) is 76.4. The maximum absolute atomic E-state index is 3.35. The van der Waals surface area contributed by atoms with Gasteiger partial charge in [0.05, 0.1) is 95.6 Å². The van der Waals surface area contributed by atoms with Gasteiger partial charge in [-0.05, 0) is 40.2 Å². The number of aryl methyl sites for hydroxylation is 14. The smallest absolute Gasteiger partial charge is 0.247 e. The Bertz CT molecular complexity index is 3870. The van der Waals surface area contributed by atoms with E-state index in [4.69, 9.17) is 0 Å². The summed E-state index contributed by atoms with van der Waals surface area (Å²) in [6.45, 7) is 14.8. The molecule has 0 spiro atoms. The number of hydrogen-bond donors (Lipinski definition) is 14. The van der Waals surface area contributed by atoms with E-state index in [9.17, 15) is 0 Å². The Morgan fingerprint density at radius 3 is 0.495 bits per heavy atom. The summed E-state index contributed by atoms with van der Waals surface area (Å²) >= 11 is 3.76. The fourth-order valence-corrected chi connectivity index (χ4v) is 12.0. The Kier molecular flexibility index (Phi) is 30.3. The second kappa shape index (κ2) is 40.0. The number of nitrogens with one attached hydrogen (secondary N) is 14. The zero-order valence-electron chi connectivity index (χ0n) is 61.8. The van der Waals surface area contributed by atoms with Crippen molar-refractivity contribution in [2.24, 2.45) is 56.4 Å². The van der Waals surface area contributed by atoms with Crippen LogP contribution in [0.4, 0.5) is 0 Å². The molecule has 101 heavy (non-hydrogen) atoms. The quantitative estimate of drug-likeness (QED) is 0.0389. The molecule has 14 heterocycles. The van der Waals surface area contributed by atoms with Crippen molar-refractivity contribution < 1.29 is 63.9 Å². The lowest BCUT2D eigenvalue weighted by Crippen LogP contribution is -2.41. The molecular weight excluding hydrogens is 1310 g/mol. The summed E-state index contributed by atoms with van der Waals surface area (Å²) in [5.41, 5.74) is 0. The summed E-state index contributed by atoms with van der Waals surface area (Å²) in [5, 5.41) is 0. The minimum atomic E-state index is 0.896. The molecule has 0 radical (unpaired) electrons. The van der Waals surface area contributed by atoms with Crippen molar-refractivity contribution >= 4 is 23.5 Å². The summed E-state index contributed by atoms with van der Waals surface area (Å²) in [5.74, 6) is 19.3. The molecular formula is C71H114N28S2+14. The molecule has 14 aromatic heterocycles. The second-order valence-electron chi connectivity index (χ2n) is 24.3. The average molecular weight is 1420 g/mol. The highest BCUT2D eigenvalue weighted by molar-refractivity contribution is 7.98. The first-order chi connectivity index (χ1) is 49.1. The van der Waals surface area contributed by atoms with E-state index in [2.05, 4.69) is 211 Å². The molecule has 0 unspecified atom stereocenters. The van der Waals surface area contributed by atoms with Gasteiger partial charge in [0, 0.05) is 11.5 Å². The number of aromatic nitrogens is 28. The number of imidazole rings is 14. The summed E-state index contributed by atoms with van der Waals surface area (Å²) in [6, 6.07) is 0. The van der Waals surface area contributed by atoms with Crippen molar-refractivity contribution in [2.75, 3.05) is 24.0 Å². The zero-order valence-corrected chi connectivity index (χ0v) is 63.5. The molecule has 14 N–H and O–H groups in total. The van der Waals surface area contributed by atoms with Gasteiger partial charge in [0.2, 0.25) is 0 Å². The monoisotopic (exact) mass is 1420 g/mol. The molecule has 0 atom stereocenters. The van der Waals surface area contributed by atoms with Gasteiger partial charge in [-0.25, -0.2) is 134 Å². The molecule has 0 aliphatic heterocycles. The highest BCUT2D eigenvalue weighted by Gasteiger charge is 2.23. The summed E-state index contributed by atoms with van der Waals surface area (Å²) in [4.78, 5) is 45.4. The molecule has 0 aliphatic rings. The highest BCUT2D eigenvalue weighted by atomic mass is 32.2. The second-order valence-corrected chi connectivity index (χ2v) is 26.3. The van der Waals surface area contributed by atoms with Gasteiger partial charge >= 0.3 is 0 Å². The Morgan fingerprint density at radius 2 is 0.347 bits per heavy atom. The van der Waals surface area contributed by atoms with E-state index in [1.165, 1.54) is 81.5 Å². The minimum absolute atomic E-state index is 0.896. The normalized spacial score (nSPS) is 10.8. The minimum Gasteiger partial charge on any atom is -0.247 e. The van der Waals surface area contributed by atoms with Crippen molar-refractivity contribution in [3.63, 3.8) is 0 Å². The number of nitrogens with zero attached hydrogens (tertiary/aromatic N) is 14. The Morgan fingerprint density at radius 1 is 0.208 bits per heavy atom. The molecule has 536 valence electrons. The van der Waals surface area contributed by atoms with E-state index < -0.39 is 0 Å². The highest BCUT2D eigenvalue weighted by Crippen LogP contribution is 2.03. The van der Waals surface area contributed by atoms with Gasteiger partial charge in [-0.15, -0.1) is 0 Å². The molecule has 0 amide bonds. The van der Waals surface area contributed by atoms with E-state index in [1.807, 2.05) is 216 Å². The van der Waals surface area contributed by atoms with Crippen LogP contribution in [0.3, 0.4) is 0 Å². The number of rotatable bonds is 24. The largest absolute Gasteiger partial charge is 0.266 e. The molecule has 0 saturated heterocycles. The van der Waals surface area contributed by atoms with E-state index in [-0.39, 0.29) is 0 Å². The molecule has 0 saturated carbocycles. The van der Waals surface area contributed by atoms with Crippen molar-refractivity contribution in [3.8, 4) is 0 Å². The molecule has 0 bridgehead atoms. The van der Waals surface area contributed by atoms with E-state index in [0.29, 0.717) is 0 Å². The van der Waals surface area contributed by atoms with Gasteiger partial charge in [0.15, 0.2) is 44.9 Å². The van der Waals surface area contributed by atoms with E-state index >= 15 is 0 Å². The van der Waals surface area contributed by atoms with Crippen LogP contribution in [0.2, 0.25) is 0 Å². The first-order valence-corrected chi connectivity index (χ1v) is 37.4. The molecule has 28 nitrogen and oxygen atoms in total. The number of hydrogen-bond acceptors (Lipinski definition) is 2. The lowest BCUT2D eigenvalue weighted by molar-refractivity contribution is -0.711. The van der Waals surface area contributed by atoms with Crippen LogP contribution >= 0.6 is 23.5 Å². The Balaban J connectivity index is 0.000000150. The van der Waals surface area contributed by atoms with Crippen LogP contribution in [-0.2, 0) is 141 Å². The standard InChI is InChI=1S/C13H20N4S2.2C11H16N4.4C9H12N4/c1-18-9-7-16-5-3-14-12(16)11-13-15-4-6-17(13)8-10-19-2;2*1-3-14-7-5-12-10(14)9-11-13-6-8-15(11)4-2;4*1-12-5-3-10-8(12)7-9-11-4-6-13(9)2/h3-6H,7-11H2,1-2H3;2*5-8H,3-4,9H2,1-2H3;4*3-6H,7H2,1-2H3/p+14. The molecule has 0 aromatic carbocycles. The number of H-pyrrole nitrogens is 14. The van der Waals surface area contributed by atoms with Gasteiger partial charge < -0.3 is 0 Å². The molecule has 14 aromatic rings. The first-order valence-electron chi connectivity index (χ1n) is 34.6. The lowest BCUT2D eigenvalue weighted by atomic mass is 10.3. The van der Waals surface area contributed by atoms with Crippen LogP contribution in [0.15, 0.2) is 174 Å². The van der Waals surface area contributed by atoms with Crippen LogP contribution in [0, 0.1) is 0 Å². The maximum atomic E-state index is 3.35. The van der Waals surface area contributed by atoms with E-state index in [1.54, 1.807) is 0 Å². The van der Waals surface area contributed by atoms with E-state index in [0.717, 1.165) is 95.7 Å². The van der Waals surface area contributed by atoms with Crippen LogP contribution < -0.4 is 63.9 Å². The molecule has 0 aliphatic carbocycles. The number of thioether (sulfide) groups is 2. The molecule has 0 fully saturated rings. The van der Waals surface area contributed by atoms with Crippen LogP contribution in [0.25, 0.3) is 0 Å². The summed E-state index contributed by atoms with van der Waals surface area (Å²) in [7, 11) is 16.3. The van der Waals surface area contributed by atoms with Gasteiger partial charge in [-0.2, -0.15) is 23.5 Å². The fraction of sp³-hybridized carbons (Fsp3) is 0.408. The summed E-state index contributed by atoms with van der Waals surface area (Å²) < 4.78 is 30.2. The average Bonchev–Trinajstić information content (AvgIpc) is 1.81. The predicted octanol–water partition coefficient (Wildman–Crippen LogP) is 0.662. The third-order valence-corrected chi connectivity index (χ3v) is 18.9. The van der Waals surface area contributed by atoms with Crippen molar-refractivity contribution in [2.45, 2.75) is 112 Å². The van der Waals surface area contributed by atoms with Gasteiger partial charge in [0.1, 0.15) is 174 Å². The predicted molar refractivity (Wildman–Crippen MR) is 381 cm³/mol. The number of aromatic amines is 14. The van der Waals surface area contributed by atoms with Crippen LogP contribution in [0.1, 0.15) is 109 Å².